The first-order valence-corrected chi connectivity index (χ1v) is 9.40. The molecule has 0 aromatic carbocycles. The van der Waals surface area contributed by atoms with E-state index in [1.807, 2.05) is 6.26 Å². The van der Waals surface area contributed by atoms with Crippen LogP contribution in [0.2, 0.25) is 10.0 Å². The lowest BCUT2D eigenvalue weighted by Gasteiger charge is -2.08. The maximum absolute atomic E-state index is 11.9. The zero-order chi connectivity index (χ0) is 15.4. The molecule has 0 aliphatic rings. The van der Waals surface area contributed by atoms with Gasteiger partial charge in [0.25, 0.3) is 0 Å². The number of amides is 1. The number of rotatable bonds is 5. The predicted molar refractivity (Wildman–Crippen MR) is 90.0 cm³/mol. The number of hydrogen-bond acceptors (Lipinski definition) is 7. The summed E-state index contributed by atoms with van der Waals surface area (Å²) in [6.07, 6.45) is 3.39. The van der Waals surface area contributed by atoms with E-state index in [0.717, 1.165) is 8.68 Å². The van der Waals surface area contributed by atoms with Crippen molar-refractivity contribution in [3.63, 3.8) is 0 Å². The van der Waals surface area contributed by atoms with Gasteiger partial charge in [-0.2, -0.15) is 0 Å². The van der Waals surface area contributed by atoms with Crippen molar-refractivity contribution in [1.29, 1.82) is 0 Å². The molecule has 10 heteroatoms. The number of anilines is 1. The monoisotopic (exact) mass is 380 g/mol. The highest BCUT2D eigenvalue weighted by Gasteiger charge is 2.13. The maximum Gasteiger partial charge on any atom is 0.236 e. The van der Waals surface area contributed by atoms with Gasteiger partial charge in [-0.05, 0) is 18.7 Å². The Balaban J connectivity index is 1.94. The van der Waals surface area contributed by atoms with Crippen LogP contribution in [0.15, 0.2) is 14.9 Å². The van der Waals surface area contributed by atoms with Gasteiger partial charge < -0.3 is 5.32 Å². The van der Waals surface area contributed by atoms with Gasteiger partial charge >= 0.3 is 0 Å². The van der Waals surface area contributed by atoms with Crippen molar-refractivity contribution in [3.05, 3.63) is 21.8 Å². The van der Waals surface area contributed by atoms with Crippen LogP contribution in [-0.2, 0) is 4.79 Å². The van der Waals surface area contributed by atoms with Crippen LogP contribution in [0, 0.1) is 6.92 Å². The molecule has 2 aromatic heterocycles. The molecule has 0 aliphatic carbocycles. The summed E-state index contributed by atoms with van der Waals surface area (Å²) in [7, 11) is 0. The zero-order valence-corrected chi connectivity index (χ0v) is 15.0. The van der Waals surface area contributed by atoms with Crippen LogP contribution in [0.5, 0.6) is 0 Å². The van der Waals surface area contributed by atoms with Gasteiger partial charge in [0.1, 0.15) is 0 Å². The molecule has 2 rings (SSSR count). The molecule has 0 atom stereocenters. The molecular formula is C11H10Cl2N4OS3. The summed E-state index contributed by atoms with van der Waals surface area (Å²) in [6, 6.07) is 0. The van der Waals surface area contributed by atoms with Crippen LogP contribution in [0.1, 0.15) is 5.56 Å². The molecule has 0 radical (unpaired) electrons. The SMILES string of the molecule is CSc1nnc(SCC(=O)Nc2ncc(Cl)c(C)c2Cl)s1. The summed E-state index contributed by atoms with van der Waals surface area (Å²) in [5.41, 5.74) is 0.685. The van der Waals surface area contributed by atoms with Gasteiger partial charge in [0.2, 0.25) is 5.91 Å². The van der Waals surface area contributed by atoms with Gasteiger partial charge in [0.15, 0.2) is 14.5 Å². The molecule has 0 fully saturated rings. The minimum atomic E-state index is -0.211. The molecule has 1 N–H and O–H groups in total. The van der Waals surface area contributed by atoms with E-state index < -0.39 is 0 Å². The highest BCUT2D eigenvalue weighted by atomic mass is 35.5. The van der Waals surface area contributed by atoms with Gasteiger partial charge in [-0.25, -0.2) is 4.98 Å². The van der Waals surface area contributed by atoms with Gasteiger partial charge in [-0.3, -0.25) is 4.79 Å². The van der Waals surface area contributed by atoms with E-state index in [1.54, 1.807) is 6.92 Å². The molecule has 0 spiro atoms. The van der Waals surface area contributed by atoms with Gasteiger partial charge in [0.05, 0.1) is 15.8 Å². The van der Waals surface area contributed by atoms with E-state index in [1.165, 1.54) is 41.1 Å². The fraction of sp³-hybridized carbons (Fsp3) is 0.273. The Morgan fingerprint density at radius 2 is 2.10 bits per heavy atom. The first-order valence-electron chi connectivity index (χ1n) is 5.62. The van der Waals surface area contributed by atoms with Crippen molar-refractivity contribution < 1.29 is 4.79 Å². The minimum Gasteiger partial charge on any atom is -0.309 e. The van der Waals surface area contributed by atoms with E-state index >= 15 is 0 Å². The van der Waals surface area contributed by atoms with Gasteiger partial charge in [-0.15, -0.1) is 10.2 Å². The molecular weight excluding hydrogens is 371 g/mol. The first kappa shape index (κ1) is 16.8. The second-order valence-electron chi connectivity index (χ2n) is 3.77. The minimum absolute atomic E-state index is 0.211. The lowest BCUT2D eigenvalue weighted by Crippen LogP contribution is -2.15. The smallest absolute Gasteiger partial charge is 0.236 e. The summed E-state index contributed by atoms with van der Waals surface area (Å²) in [4.78, 5) is 15.9. The Bertz CT molecular complexity index is 665. The Labute approximate surface area is 144 Å². The number of nitrogens with zero attached hydrogens (tertiary/aromatic N) is 3. The third kappa shape index (κ3) is 4.46. The first-order chi connectivity index (χ1) is 10.0. The topological polar surface area (TPSA) is 67.8 Å². The lowest BCUT2D eigenvalue weighted by atomic mass is 10.3. The van der Waals surface area contributed by atoms with E-state index in [2.05, 4.69) is 20.5 Å². The highest BCUT2D eigenvalue weighted by Crippen LogP contribution is 2.30. The Morgan fingerprint density at radius 1 is 1.38 bits per heavy atom. The highest BCUT2D eigenvalue weighted by molar-refractivity contribution is 8.03. The van der Waals surface area contributed by atoms with Crippen LogP contribution in [-0.4, -0.2) is 33.1 Å². The fourth-order valence-corrected chi connectivity index (χ4v) is 3.91. The van der Waals surface area contributed by atoms with Gasteiger partial charge in [-0.1, -0.05) is 58.1 Å². The molecule has 5 nitrogen and oxygen atoms in total. The van der Waals surface area contributed by atoms with Crippen LogP contribution in [0.3, 0.4) is 0 Å². The number of carbonyl (C=O) groups is 1. The molecule has 112 valence electrons. The molecule has 0 saturated heterocycles. The molecule has 0 saturated carbocycles. The summed E-state index contributed by atoms with van der Waals surface area (Å²) in [6.45, 7) is 1.77. The van der Waals surface area contributed by atoms with E-state index in [-0.39, 0.29) is 11.7 Å². The third-order valence-corrected chi connectivity index (χ3v) is 6.23. The molecule has 2 aromatic rings. The normalized spacial score (nSPS) is 10.7. The standard InChI is InChI=1S/C11H10Cl2N4OS3/c1-5-6(12)3-14-9(8(5)13)15-7(18)4-20-11-17-16-10(19-2)21-11/h3H,4H2,1-2H3,(H,14,15,18). The molecule has 2 heterocycles. The third-order valence-electron chi connectivity index (χ3n) is 2.35. The van der Waals surface area contributed by atoms with Crippen LogP contribution < -0.4 is 5.32 Å². The molecule has 1 amide bonds. The molecule has 0 aliphatic heterocycles. The number of halogens is 2. The van der Waals surface area contributed by atoms with Crippen molar-refractivity contribution in [3.8, 4) is 0 Å². The summed E-state index contributed by atoms with van der Waals surface area (Å²) >= 11 is 16.3. The number of thioether (sulfide) groups is 2. The van der Waals surface area contributed by atoms with E-state index in [9.17, 15) is 4.79 Å². The summed E-state index contributed by atoms with van der Waals surface area (Å²) < 4.78 is 1.62. The fourth-order valence-electron chi connectivity index (χ4n) is 1.28. The Morgan fingerprint density at radius 3 is 2.76 bits per heavy atom. The number of pyridine rings is 1. The molecule has 0 unspecified atom stereocenters. The largest absolute Gasteiger partial charge is 0.309 e. The number of hydrogen-bond donors (Lipinski definition) is 1. The van der Waals surface area contributed by atoms with Crippen molar-refractivity contribution in [2.75, 3.05) is 17.3 Å². The summed E-state index contributed by atoms with van der Waals surface area (Å²) in [5.74, 6) is 0.311. The van der Waals surface area contributed by atoms with E-state index in [4.69, 9.17) is 23.2 Å². The Kier molecular flexibility index (Phi) is 6.12. The zero-order valence-electron chi connectivity index (χ0n) is 11.0. The second-order valence-corrected chi connectivity index (χ2v) is 7.81. The maximum atomic E-state index is 11.9. The second kappa shape index (κ2) is 7.64. The number of aromatic nitrogens is 3. The van der Waals surface area contributed by atoms with Crippen LogP contribution >= 0.6 is 58.1 Å². The molecule has 0 bridgehead atoms. The number of carbonyl (C=O) groups excluding carboxylic acids is 1. The van der Waals surface area contributed by atoms with Crippen molar-refractivity contribution in [1.82, 2.24) is 15.2 Å². The van der Waals surface area contributed by atoms with Crippen molar-refractivity contribution >= 4 is 69.8 Å². The van der Waals surface area contributed by atoms with Crippen molar-refractivity contribution in [2.24, 2.45) is 0 Å². The molecule has 21 heavy (non-hydrogen) atoms. The predicted octanol–water partition coefficient (Wildman–Crippen LogP) is 4.00. The van der Waals surface area contributed by atoms with E-state index in [0.29, 0.717) is 21.4 Å². The quantitative estimate of drug-likeness (QED) is 0.790. The van der Waals surface area contributed by atoms with Gasteiger partial charge in [0, 0.05) is 6.20 Å². The average Bonchev–Trinajstić information content (AvgIpc) is 2.94. The van der Waals surface area contributed by atoms with Crippen LogP contribution in [0.4, 0.5) is 5.82 Å². The average molecular weight is 381 g/mol. The Hall–Kier alpha value is -0.540. The lowest BCUT2D eigenvalue weighted by molar-refractivity contribution is -0.113. The van der Waals surface area contributed by atoms with Crippen molar-refractivity contribution in [2.45, 2.75) is 15.6 Å². The van der Waals surface area contributed by atoms with Crippen LogP contribution in [0.25, 0.3) is 0 Å². The number of nitrogens with one attached hydrogen (secondary N) is 1. The summed E-state index contributed by atoms with van der Waals surface area (Å²) in [5, 5.41) is 11.4.